The van der Waals surface area contributed by atoms with E-state index in [1.54, 1.807) is 0 Å². The van der Waals surface area contributed by atoms with Gasteiger partial charge < -0.3 is 9.80 Å². The Labute approximate surface area is 203 Å². The van der Waals surface area contributed by atoms with Gasteiger partial charge in [-0.3, -0.25) is 14.5 Å². The number of Topliss-reactive ketones (excluding diaryl/α,β-unsaturated/α-hetero) is 1. The van der Waals surface area contributed by atoms with E-state index in [4.69, 9.17) is 4.98 Å². The van der Waals surface area contributed by atoms with E-state index < -0.39 is 0 Å². The van der Waals surface area contributed by atoms with E-state index in [9.17, 15) is 9.59 Å². The number of para-hydroxylation sites is 1. The second-order valence-corrected chi connectivity index (χ2v) is 10.5. The van der Waals surface area contributed by atoms with Crippen molar-refractivity contribution in [3.63, 3.8) is 0 Å². The van der Waals surface area contributed by atoms with Gasteiger partial charge in [-0.2, -0.15) is 0 Å². The van der Waals surface area contributed by atoms with E-state index >= 15 is 0 Å². The van der Waals surface area contributed by atoms with Crippen LogP contribution in [0.25, 0.3) is 0 Å². The molecule has 182 valence electrons. The first-order valence-corrected chi connectivity index (χ1v) is 12.5. The first-order valence-electron chi connectivity index (χ1n) is 12.5. The van der Waals surface area contributed by atoms with Crippen molar-refractivity contribution in [1.29, 1.82) is 0 Å². The molecular formula is C27H37N5O2. The lowest BCUT2D eigenvalue weighted by Gasteiger charge is -2.36. The standard InChI is InChI=1S/C27H37N5O2/c1-20-19-24(29-26(28-20)27(2,3)4)31-17-15-30(16-18-31)13-7-8-14-32-22-10-6-5-9-21(22)23(33)11-12-25(32)34/h5-6,9-10,19H,7-8,11-18H2,1-4H3. The number of amides is 1. The molecule has 4 rings (SSSR count). The molecule has 0 aliphatic carbocycles. The van der Waals surface area contributed by atoms with Crippen LogP contribution in [0, 0.1) is 6.92 Å². The molecule has 0 N–H and O–H groups in total. The molecule has 7 heteroatoms. The van der Waals surface area contributed by atoms with Gasteiger partial charge in [0.25, 0.3) is 0 Å². The third-order valence-corrected chi connectivity index (χ3v) is 6.68. The molecule has 1 aromatic carbocycles. The number of fused-ring (bicyclic) bond motifs is 1. The van der Waals surface area contributed by atoms with Crippen molar-refractivity contribution in [3.05, 3.63) is 47.4 Å². The molecule has 0 spiro atoms. The smallest absolute Gasteiger partial charge is 0.227 e. The molecular weight excluding hydrogens is 426 g/mol. The normalized spacial score (nSPS) is 17.6. The average Bonchev–Trinajstić information content (AvgIpc) is 2.93. The monoisotopic (exact) mass is 463 g/mol. The number of ketones is 1. The molecule has 0 radical (unpaired) electrons. The average molecular weight is 464 g/mol. The SMILES string of the molecule is Cc1cc(N2CCN(CCCCN3C(=O)CCC(=O)c4ccccc43)CC2)nc(C(C)(C)C)n1. The number of aryl methyl sites for hydroxylation is 1. The Morgan fingerprint density at radius 2 is 1.62 bits per heavy atom. The lowest BCUT2D eigenvalue weighted by Crippen LogP contribution is -2.47. The van der Waals surface area contributed by atoms with Crippen molar-refractivity contribution in [2.24, 2.45) is 0 Å². The third kappa shape index (κ3) is 5.63. The maximum absolute atomic E-state index is 12.6. The van der Waals surface area contributed by atoms with Crippen LogP contribution in [0.2, 0.25) is 0 Å². The lowest BCUT2D eigenvalue weighted by molar-refractivity contribution is -0.118. The second-order valence-electron chi connectivity index (χ2n) is 10.5. The van der Waals surface area contributed by atoms with Crippen LogP contribution in [-0.4, -0.2) is 65.8 Å². The van der Waals surface area contributed by atoms with Gasteiger partial charge in [0.1, 0.15) is 11.6 Å². The fourth-order valence-electron chi connectivity index (χ4n) is 4.67. The maximum atomic E-state index is 12.6. The maximum Gasteiger partial charge on any atom is 0.227 e. The topological polar surface area (TPSA) is 69.6 Å². The van der Waals surface area contributed by atoms with Gasteiger partial charge in [0.15, 0.2) is 5.78 Å². The van der Waals surface area contributed by atoms with Crippen molar-refractivity contribution in [3.8, 4) is 0 Å². The Balaban J connectivity index is 1.27. The number of piperazine rings is 1. The van der Waals surface area contributed by atoms with E-state index in [2.05, 4.69) is 41.6 Å². The summed E-state index contributed by atoms with van der Waals surface area (Å²) >= 11 is 0. The lowest BCUT2D eigenvalue weighted by atomic mass is 9.95. The minimum Gasteiger partial charge on any atom is -0.354 e. The van der Waals surface area contributed by atoms with Gasteiger partial charge in [0.05, 0.1) is 5.69 Å². The molecule has 1 fully saturated rings. The van der Waals surface area contributed by atoms with Gasteiger partial charge in [-0.15, -0.1) is 0 Å². The van der Waals surface area contributed by atoms with Gasteiger partial charge in [-0.1, -0.05) is 32.9 Å². The number of rotatable bonds is 6. The minimum absolute atomic E-state index is 0.0571. The highest BCUT2D eigenvalue weighted by Crippen LogP contribution is 2.27. The summed E-state index contributed by atoms with van der Waals surface area (Å²) in [5.74, 6) is 2.06. The summed E-state index contributed by atoms with van der Waals surface area (Å²) < 4.78 is 0. The summed E-state index contributed by atoms with van der Waals surface area (Å²) in [5, 5.41) is 0. The number of unbranched alkanes of at least 4 members (excludes halogenated alkanes) is 1. The molecule has 34 heavy (non-hydrogen) atoms. The summed E-state index contributed by atoms with van der Waals surface area (Å²) in [6, 6.07) is 9.60. The quantitative estimate of drug-likeness (QED) is 0.604. The number of carbonyl (C=O) groups is 2. The molecule has 7 nitrogen and oxygen atoms in total. The Bertz CT molecular complexity index is 1040. The van der Waals surface area contributed by atoms with Crippen LogP contribution in [0.1, 0.15) is 68.3 Å². The van der Waals surface area contributed by atoms with E-state index in [0.717, 1.165) is 68.6 Å². The molecule has 2 aromatic rings. The summed E-state index contributed by atoms with van der Waals surface area (Å²) in [7, 11) is 0. The molecule has 0 unspecified atom stereocenters. The second kappa shape index (κ2) is 10.2. The number of aromatic nitrogens is 2. The first kappa shape index (κ1) is 24.3. The van der Waals surface area contributed by atoms with Crippen LogP contribution in [0.4, 0.5) is 11.5 Å². The molecule has 0 saturated carbocycles. The Morgan fingerprint density at radius 1 is 0.912 bits per heavy atom. The van der Waals surface area contributed by atoms with Gasteiger partial charge in [-0.05, 0) is 38.4 Å². The zero-order chi connectivity index (χ0) is 24.3. The molecule has 3 heterocycles. The minimum atomic E-state index is -0.0643. The summed E-state index contributed by atoms with van der Waals surface area (Å²) in [6.45, 7) is 14.1. The molecule has 1 amide bonds. The van der Waals surface area contributed by atoms with E-state index in [1.165, 1.54) is 0 Å². The zero-order valence-electron chi connectivity index (χ0n) is 21.0. The van der Waals surface area contributed by atoms with Crippen molar-refractivity contribution in [1.82, 2.24) is 14.9 Å². The number of nitrogens with zero attached hydrogens (tertiary/aromatic N) is 5. The van der Waals surface area contributed by atoms with E-state index in [-0.39, 0.29) is 17.1 Å². The van der Waals surface area contributed by atoms with Gasteiger partial charge in [0, 0.05) is 68.3 Å². The highest BCUT2D eigenvalue weighted by molar-refractivity contribution is 6.10. The van der Waals surface area contributed by atoms with Crippen LogP contribution < -0.4 is 9.80 Å². The van der Waals surface area contributed by atoms with Crippen molar-refractivity contribution in [2.45, 2.75) is 58.8 Å². The van der Waals surface area contributed by atoms with Crippen LogP contribution >= 0.6 is 0 Å². The van der Waals surface area contributed by atoms with E-state index in [0.29, 0.717) is 24.9 Å². The highest BCUT2D eigenvalue weighted by atomic mass is 16.2. The van der Waals surface area contributed by atoms with Crippen molar-refractivity contribution >= 4 is 23.2 Å². The molecule has 0 atom stereocenters. The molecule has 2 aliphatic heterocycles. The van der Waals surface area contributed by atoms with Crippen molar-refractivity contribution < 1.29 is 9.59 Å². The van der Waals surface area contributed by atoms with Crippen molar-refractivity contribution in [2.75, 3.05) is 49.1 Å². The summed E-state index contributed by atoms with van der Waals surface area (Å²) in [5.41, 5.74) is 2.41. The number of carbonyl (C=O) groups excluding carboxylic acids is 2. The number of hydrogen-bond acceptors (Lipinski definition) is 6. The van der Waals surface area contributed by atoms with Crippen LogP contribution in [0.5, 0.6) is 0 Å². The Kier molecular flexibility index (Phi) is 7.31. The Hall–Kier alpha value is -2.80. The predicted octanol–water partition coefficient (Wildman–Crippen LogP) is 3.99. The summed E-state index contributed by atoms with van der Waals surface area (Å²) in [4.78, 5) is 41.2. The number of benzene rings is 1. The molecule has 2 aliphatic rings. The highest BCUT2D eigenvalue weighted by Gasteiger charge is 2.26. The number of hydrogen-bond donors (Lipinski definition) is 0. The fourth-order valence-corrected chi connectivity index (χ4v) is 4.67. The third-order valence-electron chi connectivity index (χ3n) is 6.68. The van der Waals surface area contributed by atoms with Gasteiger partial charge in [0.2, 0.25) is 5.91 Å². The Morgan fingerprint density at radius 3 is 2.35 bits per heavy atom. The van der Waals surface area contributed by atoms with Crippen LogP contribution in [-0.2, 0) is 10.2 Å². The van der Waals surface area contributed by atoms with Gasteiger partial charge in [-0.25, -0.2) is 9.97 Å². The summed E-state index contributed by atoms with van der Waals surface area (Å²) in [6.07, 6.45) is 2.56. The predicted molar refractivity (Wildman–Crippen MR) is 136 cm³/mol. The molecule has 0 bridgehead atoms. The van der Waals surface area contributed by atoms with E-state index in [1.807, 2.05) is 36.1 Å². The largest absolute Gasteiger partial charge is 0.354 e. The van der Waals surface area contributed by atoms with Crippen LogP contribution in [0.15, 0.2) is 30.3 Å². The van der Waals surface area contributed by atoms with Gasteiger partial charge >= 0.3 is 0 Å². The molecule has 1 aromatic heterocycles. The molecule has 1 saturated heterocycles. The fraction of sp³-hybridized carbons (Fsp3) is 0.556. The zero-order valence-corrected chi connectivity index (χ0v) is 21.0. The van der Waals surface area contributed by atoms with Crippen LogP contribution in [0.3, 0.4) is 0 Å². The first-order chi connectivity index (χ1) is 16.2. The number of anilines is 2.